The SMILES string of the molecule is CC(C)n1cc(Br)nc1S(C)(=O)=O. The fourth-order valence-electron chi connectivity index (χ4n) is 0.992. The van der Waals surface area contributed by atoms with Gasteiger partial charge in [0.1, 0.15) is 4.60 Å². The van der Waals surface area contributed by atoms with Gasteiger partial charge < -0.3 is 4.57 Å². The maximum absolute atomic E-state index is 11.3. The second kappa shape index (κ2) is 3.42. The zero-order valence-electron chi connectivity index (χ0n) is 7.65. The minimum atomic E-state index is -3.24. The van der Waals surface area contributed by atoms with Crippen LogP contribution in [0, 0.1) is 0 Å². The minimum absolute atomic E-state index is 0.0866. The predicted molar refractivity (Wildman–Crippen MR) is 53.4 cm³/mol. The van der Waals surface area contributed by atoms with Crippen molar-refractivity contribution in [3.05, 3.63) is 10.8 Å². The lowest BCUT2D eigenvalue weighted by atomic mass is 10.4. The standard InChI is InChI=1S/C7H11BrN2O2S/c1-5(2)10-4-6(8)9-7(10)13(3,11)12/h4-5H,1-3H3. The van der Waals surface area contributed by atoms with Crippen molar-refractivity contribution < 1.29 is 8.42 Å². The molecule has 0 unspecified atom stereocenters. The fraction of sp³-hybridized carbons (Fsp3) is 0.571. The van der Waals surface area contributed by atoms with Crippen molar-refractivity contribution >= 4 is 25.8 Å². The summed E-state index contributed by atoms with van der Waals surface area (Å²) >= 11 is 3.15. The summed E-state index contributed by atoms with van der Waals surface area (Å²) in [7, 11) is -3.24. The Morgan fingerprint density at radius 1 is 1.54 bits per heavy atom. The van der Waals surface area contributed by atoms with Crippen molar-refractivity contribution in [1.29, 1.82) is 0 Å². The Morgan fingerprint density at radius 3 is 2.38 bits per heavy atom. The number of hydrogen-bond acceptors (Lipinski definition) is 3. The maximum Gasteiger partial charge on any atom is 0.228 e. The number of sulfone groups is 1. The summed E-state index contributed by atoms with van der Waals surface area (Å²) in [5.41, 5.74) is 0. The number of imidazole rings is 1. The minimum Gasteiger partial charge on any atom is -0.318 e. The van der Waals surface area contributed by atoms with E-state index in [2.05, 4.69) is 20.9 Å². The van der Waals surface area contributed by atoms with Crippen LogP contribution >= 0.6 is 15.9 Å². The van der Waals surface area contributed by atoms with Gasteiger partial charge in [0.25, 0.3) is 0 Å². The fourth-order valence-corrected chi connectivity index (χ4v) is 2.41. The summed E-state index contributed by atoms with van der Waals surface area (Å²) in [5, 5.41) is 0.106. The Labute approximate surface area is 86.0 Å². The van der Waals surface area contributed by atoms with Gasteiger partial charge in [-0.2, -0.15) is 0 Å². The Kier molecular flexibility index (Phi) is 2.82. The molecule has 0 fully saturated rings. The number of aromatic nitrogens is 2. The first kappa shape index (κ1) is 10.7. The number of nitrogens with zero attached hydrogens (tertiary/aromatic N) is 2. The average Bonchev–Trinajstić information content (AvgIpc) is 2.29. The summed E-state index contributed by atoms with van der Waals surface area (Å²) in [6.07, 6.45) is 2.82. The molecule has 0 aliphatic heterocycles. The Hall–Kier alpha value is -0.360. The van der Waals surface area contributed by atoms with Gasteiger partial charge in [0.05, 0.1) is 0 Å². The van der Waals surface area contributed by atoms with E-state index in [-0.39, 0.29) is 11.2 Å². The highest BCUT2D eigenvalue weighted by atomic mass is 79.9. The first-order valence-corrected chi connectivity index (χ1v) is 6.45. The van der Waals surface area contributed by atoms with E-state index in [1.807, 2.05) is 13.8 Å². The highest BCUT2D eigenvalue weighted by Gasteiger charge is 2.18. The molecule has 0 aliphatic carbocycles. The van der Waals surface area contributed by atoms with Gasteiger partial charge in [-0.05, 0) is 29.8 Å². The second-order valence-corrected chi connectivity index (χ2v) is 5.84. The molecule has 0 radical (unpaired) electrons. The topological polar surface area (TPSA) is 52.0 Å². The van der Waals surface area contributed by atoms with Gasteiger partial charge in [-0.3, -0.25) is 0 Å². The van der Waals surface area contributed by atoms with Crippen LogP contribution in [0.1, 0.15) is 19.9 Å². The number of hydrogen-bond donors (Lipinski definition) is 0. The molecule has 0 spiro atoms. The molecular weight excluding hydrogens is 256 g/mol. The van der Waals surface area contributed by atoms with Crippen LogP contribution < -0.4 is 0 Å². The van der Waals surface area contributed by atoms with Crippen molar-refractivity contribution in [2.75, 3.05) is 6.26 Å². The van der Waals surface area contributed by atoms with Gasteiger partial charge in [0, 0.05) is 18.5 Å². The molecule has 6 heteroatoms. The van der Waals surface area contributed by atoms with Crippen LogP contribution in [-0.2, 0) is 9.84 Å². The molecule has 1 heterocycles. The van der Waals surface area contributed by atoms with Crippen molar-refractivity contribution in [2.24, 2.45) is 0 Å². The highest BCUT2D eigenvalue weighted by Crippen LogP contribution is 2.18. The van der Waals surface area contributed by atoms with Gasteiger partial charge >= 0.3 is 0 Å². The van der Waals surface area contributed by atoms with Crippen LogP contribution in [0.4, 0.5) is 0 Å². The molecule has 1 aromatic heterocycles. The summed E-state index contributed by atoms with van der Waals surface area (Å²) in [6.45, 7) is 3.81. The van der Waals surface area contributed by atoms with E-state index < -0.39 is 9.84 Å². The smallest absolute Gasteiger partial charge is 0.228 e. The van der Waals surface area contributed by atoms with E-state index in [1.165, 1.54) is 0 Å². The van der Waals surface area contributed by atoms with Crippen molar-refractivity contribution in [1.82, 2.24) is 9.55 Å². The van der Waals surface area contributed by atoms with Gasteiger partial charge in [-0.25, -0.2) is 13.4 Å². The third kappa shape index (κ3) is 2.31. The average molecular weight is 267 g/mol. The van der Waals surface area contributed by atoms with E-state index in [1.54, 1.807) is 10.8 Å². The first-order chi connectivity index (χ1) is 5.82. The zero-order valence-corrected chi connectivity index (χ0v) is 10.1. The molecule has 0 aromatic carbocycles. The predicted octanol–water partition coefficient (Wildman–Crippen LogP) is 1.63. The molecule has 1 aromatic rings. The van der Waals surface area contributed by atoms with Crippen molar-refractivity contribution in [3.8, 4) is 0 Å². The van der Waals surface area contributed by atoms with Crippen LogP contribution in [0.15, 0.2) is 16.0 Å². The molecule has 0 aliphatic rings. The maximum atomic E-state index is 11.3. The van der Waals surface area contributed by atoms with E-state index >= 15 is 0 Å². The highest BCUT2D eigenvalue weighted by molar-refractivity contribution is 9.10. The van der Waals surface area contributed by atoms with E-state index in [0.717, 1.165) is 6.26 Å². The normalized spacial score (nSPS) is 12.4. The summed E-state index contributed by atoms with van der Waals surface area (Å²) in [6, 6.07) is 0.0866. The van der Waals surface area contributed by atoms with Crippen LogP contribution in [-0.4, -0.2) is 24.2 Å². The molecule has 0 saturated heterocycles. The quantitative estimate of drug-likeness (QED) is 0.818. The molecule has 0 saturated carbocycles. The third-order valence-corrected chi connectivity index (χ3v) is 2.90. The lowest BCUT2D eigenvalue weighted by Gasteiger charge is -2.08. The van der Waals surface area contributed by atoms with E-state index in [0.29, 0.717) is 4.60 Å². The van der Waals surface area contributed by atoms with E-state index in [4.69, 9.17) is 0 Å². The third-order valence-electron chi connectivity index (χ3n) is 1.56. The lowest BCUT2D eigenvalue weighted by Crippen LogP contribution is -2.10. The van der Waals surface area contributed by atoms with Crippen LogP contribution in [0.25, 0.3) is 0 Å². The monoisotopic (exact) mass is 266 g/mol. The van der Waals surface area contributed by atoms with Gasteiger partial charge in [0.2, 0.25) is 15.0 Å². The molecular formula is C7H11BrN2O2S. The van der Waals surface area contributed by atoms with E-state index in [9.17, 15) is 8.42 Å². The summed E-state index contributed by atoms with van der Waals surface area (Å²) < 4.78 is 24.7. The van der Waals surface area contributed by atoms with Crippen LogP contribution in [0.5, 0.6) is 0 Å². The van der Waals surface area contributed by atoms with Crippen LogP contribution in [0.2, 0.25) is 0 Å². The first-order valence-electron chi connectivity index (χ1n) is 3.77. The number of halogens is 1. The Bertz CT molecular complexity index is 408. The molecule has 1 rings (SSSR count). The molecule has 4 nitrogen and oxygen atoms in total. The van der Waals surface area contributed by atoms with Gasteiger partial charge in [-0.15, -0.1) is 0 Å². The van der Waals surface area contributed by atoms with Crippen LogP contribution in [0.3, 0.4) is 0 Å². The molecule has 0 amide bonds. The Balaban J connectivity index is 3.37. The molecule has 0 atom stereocenters. The molecule has 0 bridgehead atoms. The largest absolute Gasteiger partial charge is 0.318 e. The van der Waals surface area contributed by atoms with Gasteiger partial charge in [0.15, 0.2) is 0 Å². The summed E-state index contributed by atoms with van der Waals surface area (Å²) in [5.74, 6) is 0. The molecule has 13 heavy (non-hydrogen) atoms. The van der Waals surface area contributed by atoms with Crippen molar-refractivity contribution in [3.63, 3.8) is 0 Å². The summed E-state index contributed by atoms with van der Waals surface area (Å²) in [4.78, 5) is 3.89. The molecule has 74 valence electrons. The second-order valence-electron chi connectivity index (χ2n) is 3.12. The Morgan fingerprint density at radius 2 is 2.08 bits per heavy atom. The molecule has 0 N–H and O–H groups in total. The van der Waals surface area contributed by atoms with Crippen molar-refractivity contribution in [2.45, 2.75) is 25.0 Å². The lowest BCUT2D eigenvalue weighted by molar-refractivity contribution is 0.523. The zero-order chi connectivity index (χ0) is 10.2. The van der Waals surface area contributed by atoms with Gasteiger partial charge in [-0.1, -0.05) is 0 Å². The number of rotatable bonds is 2.